The number of furan rings is 1. The first kappa shape index (κ1) is 29.7. The number of nitrogens with one attached hydrogen (secondary N) is 1. The maximum absolute atomic E-state index is 13.1. The average molecular weight is 575 g/mol. The van der Waals surface area contributed by atoms with Gasteiger partial charge in [-0.3, -0.25) is 9.69 Å². The van der Waals surface area contributed by atoms with Gasteiger partial charge in [-0.05, 0) is 52.9 Å². The Bertz CT molecular complexity index is 1530. The lowest BCUT2D eigenvalue weighted by atomic mass is 9.88. The molecule has 5 aromatic rings. The number of ether oxygens (including phenoxy) is 2. The molecule has 1 heterocycles. The van der Waals surface area contributed by atoms with Crippen LogP contribution in [0.3, 0.4) is 0 Å². The number of rotatable bonds is 14. The van der Waals surface area contributed by atoms with Crippen molar-refractivity contribution in [2.45, 2.75) is 32.0 Å². The Morgan fingerprint density at radius 3 is 1.93 bits per heavy atom. The summed E-state index contributed by atoms with van der Waals surface area (Å²) in [6.45, 7) is 2.46. The lowest BCUT2D eigenvalue weighted by molar-refractivity contribution is 0.0920. The van der Waals surface area contributed by atoms with E-state index >= 15 is 0 Å². The zero-order chi connectivity index (χ0) is 29.9. The highest BCUT2D eigenvalue weighted by Crippen LogP contribution is 2.29. The normalized spacial score (nSPS) is 11.1. The van der Waals surface area contributed by atoms with Gasteiger partial charge in [0.05, 0.1) is 20.8 Å². The van der Waals surface area contributed by atoms with Gasteiger partial charge in [0.2, 0.25) is 0 Å². The van der Waals surface area contributed by atoms with E-state index in [1.165, 1.54) is 16.7 Å². The molecule has 5 rings (SSSR count). The van der Waals surface area contributed by atoms with E-state index in [0.717, 1.165) is 24.3 Å². The van der Waals surface area contributed by atoms with Crippen LogP contribution in [0.4, 0.5) is 0 Å². The number of nitrogens with zero attached hydrogens (tertiary/aromatic N) is 1. The smallest absolute Gasteiger partial charge is 0.286 e. The van der Waals surface area contributed by atoms with Crippen LogP contribution in [0.1, 0.15) is 50.9 Å². The number of carbonyl (C=O) groups is 1. The highest BCUT2D eigenvalue weighted by atomic mass is 16.5. The van der Waals surface area contributed by atoms with Crippen molar-refractivity contribution >= 4 is 5.91 Å². The SMILES string of the molecule is COc1ccc(CN(Cc2ccccc2)Cc2ccc(C(=O)NCCC(c3ccccc3)c3ccccc3)o2)cc1OC. The van der Waals surface area contributed by atoms with Crippen LogP contribution < -0.4 is 14.8 Å². The van der Waals surface area contributed by atoms with Crippen LogP contribution in [0.15, 0.2) is 126 Å². The minimum Gasteiger partial charge on any atom is -0.493 e. The molecule has 0 aliphatic carbocycles. The second-order valence-electron chi connectivity index (χ2n) is 10.5. The first-order chi connectivity index (χ1) is 21.1. The summed E-state index contributed by atoms with van der Waals surface area (Å²) < 4.78 is 17.0. The molecule has 0 fully saturated rings. The fraction of sp³-hybridized carbons (Fsp3) is 0.216. The first-order valence-corrected chi connectivity index (χ1v) is 14.6. The lowest BCUT2D eigenvalue weighted by Gasteiger charge is -2.22. The van der Waals surface area contributed by atoms with E-state index in [2.05, 4.69) is 70.9 Å². The molecule has 0 aliphatic rings. The Labute approximate surface area is 253 Å². The van der Waals surface area contributed by atoms with Crippen molar-refractivity contribution in [2.24, 2.45) is 0 Å². The second kappa shape index (κ2) is 14.9. The number of hydrogen-bond acceptors (Lipinski definition) is 5. The number of methoxy groups -OCH3 is 2. The van der Waals surface area contributed by atoms with E-state index in [-0.39, 0.29) is 11.8 Å². The molecular formula is C37H38N2O4. The van der Waals surface area contributed by atoms with Gasteiger partial charge in [0.15, 0.2) is 17.3 Å². The van der Waals surface area contributed by atoms with Crippen molar-refractivity contribution in [1.82, 2.24) is 10.2 Å². The van der Waals surface area contributed by atoms with Crippen LogP contribution in [-0.2, 0) is 19.6 Å². The van der Waals surface area contributed by atoms with E-state index < -0.39 is 0 Å². The van der Waals surface area contributed by atoms with Crippen molar-refractivity contribution in [1.29, 1.82) is 0 Å². The number of amides is 1. The second-order valence-corrected chi connectivity index (χ2v) is 10.5. The van der Waals surface area contributed by atoms with E-state index in [1.807, 2.05) is 54.6 Å². The molecule has 1 N–H and O–H groups in total. The fourth-order valence-electron chi connectivity index (χ4n) is 5.37. The van der Waals surface area contributed by atoms with Crippen molar-refractivity contribution in [3.63, 3.8) is 0 Å². The maximum Gasteiger partial charge on any atom is 0.286 e. The highest BCUT2D eigenvalue weighted by Gasteiger charge is 2.18. The zero-order valence-electron chi connectivity index (χ0n) is 24.7. The van der Waals surface area contributed by atoms with Crippen molar-refractivity contribution in [3.8, 4) is 11.5 Å². The number of benzene rings is 4. The third kappa shape index (κ3) is 8.15. The van der Waals surface area contributed by atoms with E-state index in [4.69, 9.17) is 13.9 Å². The van der Waals surface area contributed by atoms with Crippen molar-refractivity contribution in [3.05, 3.63) is 155 Å². The van der Waals surface area contributed by atoms with Crippen LogP contribution >= 0.6 is 0 Å². The molecule has 0 saturated heterocycles. The van der Waals surface area contributed by atoms with Gasteiger partial charge in [-0.15, -0.1) is 0 Å². The summed E-state index contributed by atoms with van der Waals surface area (Å²) in [4.78, 5) is 15.3. The van der Waals surface area contributed by atoms with Gasteiger partial charge in [0.25, 0.3) is 5.91 Å². The van der Waals surface area contributed by atoms with Crippen LogP contribution in [0.5, 0.6) is 11.5 Å². The topological polar surface area (TPSA) is 63.9 Å². The largest absolute Gasteiger partial charge is 0.493 e. The molecule has 0 radical (unpaired) electrons. The molecular weight excluding hydrogens is 536 g/mol. The zero-order valence-corrected chi connectivity index (χ0v) is 24.7. The van der Waals surface area contributed by atoms with Crippen molar-refractivity contribution in [2.75, 3.05) is 20.8 Å². The summed E-state index contributed by atoms with van der Waals surface area (Å²) in [5.74, 6) is 2.42. The van der Waals surface area contributed by atoms with Gasteiger partial charge >= 0.3 is 0 Å². The summed E-state index contributed by atoms with van der Waals surface area (Å²) in [6, 6.07) is 40.8. The molecule has 6 nitrogen and oxygen atoms in total. The lowest BCUT2D eigenvalue weighted by Crippen LogP contribution is -2.25. The molecule has 0 saturated carbocycles. The molecule has 1 aromatic heterocycles. The summed E-state index contributed by atoms with van der Waals surface area (Å²) in [6.07, 6.45) is 0.781. The van der Waals surface area contributed by atoms with Gasteiger partial charge < -0.3 is 19.2 Å². The van der Waals surface area contributed by atoms with Crippen LogP contribution in [0.2, 0.25) is 0 Å². The minimum atomic E-state index is -0.208. The summed E-state index contributed by atoms with van der Waals surface area (Å²) in [7, 11) is 3.27. The molecule has 1 amide bonds. The predicted octanol–water partition coefficient (Wildman–Crippen LogP) is 7.45. The third-order valence-electron chi connectivity index (χ3n) is 7.49. The summed E-state index contributed by atoms with van der Waals surface area (Å²) in [5, 5.41) is 3.07. The Balaban J connectivity index is 1.24. The minimum absolute atomic E-state index is 0.193. The van der Waals surface area contributed by atoms with Gasteiger partial charge in [0.1, 0.15) is 5.76 Å². The van der Waals surface area contributed by atoms with Gasteiger partial charge in [-0.25, -0.2) is 0 Å². The van der Waals surface area contributed by atoms with E-state index in [9.17, 15) is 4.79 Å². The van der Waals surface area contributed by atoms with Crippen LogP contribution in [0, 0.1) is 0 Å². The Morgan fingerprint density at radius 2 is 1.30 bits per heavy atom. The molecule has 0 bridgehead atoms. The Hall–Kier alpha value is -4.81. The summed E-state index contributed by atoms with van der Waals surface area (Å²) in [5.41, 5.74) is 4.75. The maximum atomic E-state index is 13.1. The Morgan fingerprint density at radius 1 is 0.698 bits per heavy atom. The monoisotopic (exact) mass is 574 g/mol. The Kier molecular flexibility index (Phi) is 10.3. The molecule has 220 valence electrons. The first-order valence-electron chi connectivity index (χ1n) is 14.6. The highest BCUT2D eigenvalue weighted by molar-refractivity contribution is 5.91. The number of carbonyl (C=O) groups excluding carboxylic acids is 1. The molecule has 0 spiro atoms. The number of hydrogen-bond donors (Lipinski definition) is 1. The van der Waals surface area contributed by atoms with Gasteiger partial charge in [0, 0.05) is 25.6 Å². The fourth-order valence-corrected chi connectivity index (χ4v) is 5.37. The average Bonchev–Trinajstić information content (AvgIpc) is 3.53. The van der Waals surface area contributed by atoms with Crippen LogP contribution in [0.25, 0.3) is 0 Å². The molecule has 43 heavy (non-hydrogen) atoms. The third-order valence-corrected chi connectivity index (χ3v) is 7.49. The molecule has 4 aromatic carbocycles. The van der Waals surface area contributed by atoms with Crippen molar-refractivity contribution < 1.29 is 18.7 Å². The van der Waals surface area contributed by atoms with E-state index in [1.54, 1.807) is 20.3 Å². The molecule has 0 aliphatic heterocycles. The predicted molar refractivity (Wildman–Crippen MR) is 169 cm³/mol. The van der Waals surface area contributed by atoms with E-state index in [0.29, 0.717) is 36.9 Å². The standard InChI is InChI=1S/C37H38N2O4/c1-41-34-20-18-29(24-36(34)42-2)26-39(25-28-12-6-3-7-13-28)27-32-19-21-35(43-32)37(40)38-23-22-33(30-14-8-4-9-15-30)31-16-10-5-11-17-31/h3-21,24,33H,22-23,25-27H2,1-2H3,(H,38,40). The van der Waals surface area contributed by atoms with Gasteiger partial charge in [-0.2, -0.15) is 0 Å². The summed E-state index contributed by atoms with van der Waals surface area (Å²) >= 11 is 0. The quantitative estimate of drug-likeness (QED) is 0.149. The molecule has 0 atom stereocenters. The van der Waals surface area contributed by atoms with Crippen LogP contribution in [-0.4, -0.2) is 31.6 Å². The van der Waals surface area contributed by atoms with Gasteiger partial charge in [-0.1, -0.05) is 97.1 Å². The molecule has 6 heteroatoms. The molecule has 0 unspecified atom stereocenters.